The highest BCUT2D eigenvalue weighted by atomic mass is 16.2. The monoisotopic (exact) mass is 229 g/mol. The van der Waals surface area contributed by atoms with Gasteiger partial charge in [-0.3, -0.25) is 4.79 Å². The Bertz CT molecular complexity index is 454. The van der Waals surface area contributed by atoms with E-state index in [1.807, 2.05) is 0 Å². The Morgan fingerprint density at radius 3 is 2.76 bits per heavy atom. The van der Waals surface area contributed by atoms with E-state index >= 15 is 0 Å². The van der Waals surface area contributed by atoms with Gasteiger partial charge in [0.1, 0.15) is 0 Å². The fourth-order valence-electron chi connectivity index (χ4n) is 3.38. The van der Waals surface area contributed by atoms with Crippen LogP contribution in [0.1, 0.15) is 43.9 Å². The summed E-state index contributed by atoms with van der Waals surface area (Å²) in [5.74, 6) is 0.470. The molecule has 2 aliphatic heterocycles. The third-order valence-electron chi connectivity index (χ3n) is 4.28. The van der Waals surface area contributed by atoms with E-state index in [0.717, 1.165) is 19.3 Å². The molecule has 1 unspecified atom stereocenters. The first-order valence-corrected chi connectivity index (χ1v) is 6.58. The van der Waals surface area contributed by atoms with Crippen molar-refractivity contribution in [3.05, 3.63) is 35.4 Å². The third kappa shape index (κ3) is 1.58. The molecular formula is C15H19NO. The maximum absolute atomic E-state index is 12.4. The van der Waals surface area contributed by atoms with E-state index in [9.17, 15) is 4.79 Å². The molecule has 0 aromatic heterocycles. The summed E-state index contributed by atoms with van der Waals surface area (Å²) in [6.45, 7) is 4.24. The van der Waals surface area contributed by atoms with Gasteiger partial charge in [-0.15, -0.1) is 0 Å². The van der Waals surface area contributed by atoms with Crippen molar-refractivity contribution in [2.45, 2.75) is 45.2 Å². The number of carbonyl (C=O) groups excluding carboxylic acids is 1. The van der Waals surface area contributed by atoms with Crippen molar-refractivity contribution in [3.8, 4) is 0 Å². The summed E-state index contributed by atoms with van der Waals surface area (Å²) in [5, 5.41) is 0. The van der Waals surface area contributed by atoms with Gasteiger partial charge in [-0.05, 0) is 37.3 Å². The summed E-state index contributed by atoms with van der Waals surface area (Å²) in [5.41, 5.74) is 2.75. The summed E-state index contributed by atoms with van der Waals surface area (Å²) in [7, 11) is 0. The fraction of sp³-hybridized carbons (Fsp3) is 0.533. The number of rotatable bonds is 0. The zero-order valence-electron chi connectivity index (χ0n) is 10.5. The number of benzene rings is 1. The van der Waals surface area contributed by atoms with Gasteiger partial charge in [0.15, 0.2) is 0 Å². The molecule has 1 saturated heterocycles. The largest absolute Gasteiger partial charge is 0.333 e. The molecule has 0 aliphatic carbocycles. The molecule has 3 rings (SSSR count). The first-order chi connectivity index (χ1) is 8.18. The molecule has 0 N–H and O–H groups in total. The van der Waals surface area contributed by atoms with Crippen LogP contribution >= 0.6 is 0 Å². The Labute approximate surface area is 103 Å². The lowest BCUT2D eigenvalue weighted by Gasteiger charge is -2.28. The summed E-state index contributed by atoms with van der Waals surface area (Å²) in [4.78, 5) is 14.6. The van der Waals surface area contributed by atoms with Crippen LogP contribution in [0.25, 0.3) is 0 Å². The SMILES string of the molecule is C[C@@H]1CCC2c3ccccc3C[C@H](C)C(=O)N21. The van der Waals surface area contributed by atoms with Crippen LogP contribution in [-0.2, 0) is 11.2 Å². The van der Waals surface area contributed by atoms with Crippen LogP contribution in [0.2, 0.25) is 0 Å². The fourth-order valence-corrected chi connectivity index (χ4v) is 3.38. The molecule has 1 fully saturated rings. The minimum absolute atomic E-state index is 0.127. The average molecular weight is 229 g/mol. The summed E-state index contributed by atoms with van der Waals surface area (Å²) >= 11 is 0. The Hall–Kier alpha value is -1.31. The highest BCUT2D eigenvalue weighted by Gasteiger charge is 2.40. The van der Waals surface area contributed by atoms with Crippen LogP contribution in [0.5, 0.6) is 0 Å². The van der Waals surface area contributed by atoms with Gasteiger partial charge >= 0.3 is 0 Å². The quantitative estimate of drug-likeness (QED) is 0.670. The number of hydrogen-bond donors (Lipinski definition) is 0. The van der Waals surface area contributed by atoms with Gasteiger partial charge in [-0.2, -0.15) is 0 Å². The molecular weight excluding hydrogens is 210 g/mol. The number of hydrogen-bond acceptors (Lipinski definition) is 1. The van der Waals surface area contributed by atoms with Crippen LogP contribution in [0.4, 0.5) is 0 Å². The Kier molecular flexibility index (Phi) is 2.46. The Morgan fingerprint density at radius 1 is 1.18 bits per heavy atom. The Balaban J connectivity index is 2.11. The molecule has 3 atom stereocenters. The molecule has 1 amide bonds. The van der Waals surface area contributed by atoms with Gasteiger partial charge in [0.25, 0.3) is 0 Å². The van der Waals surface area contributed by atoms with Gasteiger partial charge in [0.05, 0.1) is 6.04 Å². The molecule has 2 heterocycles. The summed E-state index contributed by atoms with van der Waals surface area (Å²) in [6.07, 6.45) is 3.16. The second-order valence-electron chi connectivity index (χ2n) is 5.49. The molecule has 1 aromatic carbocycles. The second kappa shape index (κ2) is 3.86. The lowest BCUT2D eigenvalue weighted by molar-refractivity contribution is -0.137. The van der Waals surface area contributed by atoms with Crippen LogP contribution in [0.15, 0.2) is 24.3 Å². The predicted molar refractivity (Wildman–Crippen MR) is 67.6 cm³/mol. The summed E-state index contributed by atoms with van der Waals surface area (Å²) in [6, 6.07) is 9.31. The van der Waals surface area contributed by atoms with Crippen LogP contribution in [0.3, 0.4) is 0 Å². The molecule has 2 aliphatic rings. The van der Waals surface area contributed by atoms with Crippen molar-refractivity contribution in [1.29, 1.82) is 0 Å². The van der Waals surface area contributed by atoms with Crippen LogP contribution in [-0.4, -0.2) is 16.8 Å². The molecule has 1 aromatic rings. The first-order valence-electron chi connectivity index (χ1n) is 6.58. The standard InChI is InChI=1S/C15H19NO/c1-10-9-12-5-3-4-6-13(12)14-8-7-11(2)16(14)15(10)17/h3-6,10-11,14H,7-9H2,1-2H3/t10-,11+,14?/m0/s1. The van der Waals surface area contributed by atoms with Crippen molar-refractivity contribution in [3.63, 3.8) is 0 Å². The lowest BCUT2D eigenvalue weighted by Crippen LogP contribution is -2.37. The molecule has 17 heavy (non-hydrogen) atoms. The molecule has 0 saturated carbocycles. The molecule has 90 valence electrons. The maximum Gasteiger partial charge on any atom is 0.226 e. The highest BCUT2D eigenvalue weighted by Crippen LogP contribution is 2.41. The van der Waals surface area contributed by atoms with Crippen molar-refractivity contribution in [1.82, 2.24) is 4.90 Å². The van der Waals surface area contributed by atoms with Gasteiger partial charge < -0.3 is 4.90 Å². The third-order valence-corrected chi connectivity index (χ3v) is 4.28. The van der Waals surface area contributed by atoms with Gasteiger partial charge in [0.2, 0.25) is 5.91 Å². The van der Waals surface area contributed by atoms with E-state index in [4.69, 9.17) is 0 Å². The van der Waals surface area contributed by atoms with Crippen LogP contribution < -0.4 is 0 Å². The second-order valence-corrected chi connectivity index (χ2v) is 5.49. The van der Waals surface area contributed by atoms with E-state index in [-0.39, 0.29) is 5.92 Å². The summed E-state index contributed by atoms with van der Waals surface area (Å²) < 4.78 is 0. The van der Waals surface area contributed by atoms with E-state index in [2.05, 4.69) is 43.0 Å². The van der Waals surface area contributed by atoms with Gasteiger partial charge in [-0.1, -0.05) is 31.2 Å². The normalized spacial score (nSPS) is 32.0. The Morgan fingerprint density at radius 2 is 1.94 bits per heavy atom. The smallest absolute Gasteiger partial charge is 0.226 e. The van der Waals surface area contributed by atoms with E-state index in [0.29, 0.717) is 18.0 Å². The van der Waals surface area contributed by atoms with Gasteiger partial charge in [-0.25, -0.2) is 0 Å². The van der Waals surface area contributed by atoms with Crippen LogP contribution in [0, 0.1) is 5.92 Å². The topological polar surface area (TPSA) is 20.3 Å². The van der Waals surface area contributed by atoms with Crippen molar-refractivity contribution < 1.29 is 4.79 Å². The zero-order valence-corrected chi connectivity index (χ0v) is 10.5. The van der Waals surface area contributed by atoms with Crippen molar-refractivity contribution >= 4 is 5.91 Å². The van der Waals surface area contributed by atoms with Crippen molar-refractivity contribution in [2.24, 2.45) is 5.92 Å². The minimum atomic E-state index is 0.127. The average Bonchev–Trinajstić information content (AvgIpc) is 2.66. The zero-order chi connectivity index (χ0) is 12.0. The molecule has 2 nitrogen and oxygen atoms in total. The van der Waals surface area contributed by atoms with Gasteiger partial charge in [0, 0.05) is 12.0 Å². The predicted octanol–water partition coefficient (Wildman–Crippen LogP) is 2.93. The van der Waals surface area contributed by atoms with E-state index in [1.54, 1.807) is 0 Å². The number of amides is 1. The van der Waals surface area contributed by atoms with Crippen molar-refractivity contribution in [2.75, 3.05) is 0 Å². The number of fused-ring (bicyclic) bond motifs is 3. The molecule has 0 bridgehead atoms. The lowest BCUT2D eigenvalue weighted by atomic mass is 9.95. The first kappa shape index (κ1) is 10.8. The van der Waals surface area contributed by atoms with E-state index < -0.39 is 0 Å². The highest BCUT2D eigenvalue weighted by molar-refractivity contribution is 5.81. The minimum Gasteiger partial charge on any atom is -0.333 e. The molecule has 0 spiro atoms. The molecule has 0 radical (unpaired) electrons. The van der Waals surface area contributed by atoms with E-state index in [1.165, 1.54) is 11.1 Å². The number of nitrogens with zero attached hydrogens (tertiary/aromatic N) is 1. The molecule has 2 heteroatoms. The maximum atomic E-state index is 12.4. The number of carbonyl (C=O) groups is 1.